The highest BCUT2D eigenvalue weighted by Crippen LogP contribution is 2.27. The summed E-state index contributed by atoms with van der Waals surface area (Å²) in [4.78, 5) is 15.5. The third-order valence-electron chi connectivity index (χ3n) is 5.35. The molecule has 2 heterocycles. The van der Waals surface area contributed by atoms with Gasteiger partial charge in [-0.15, -0.1) is 0 Å². The minimum Gasteiger partial charge on any atom is -0.371 e. The molecule has 2 N–H and O–H groups in total. The van der Waals surface area contributed by atoms with Crippen molar-refractivity contribution >= 4 is 28.8 Å². The van der Waals surface area contributed by atoms with Gasteiger partial charge in [-0.25, -0.2) is 15.0 Å². The van der Waals surface area contributed by atoms with Gasteiger partial charge in [0.25, 0.3) is 0 Å². The number of hydrogen-bond donors (Lipinski definition) is 2. The summed E-state index contributed by atoms with van der Waals surface area (Å²) in [5, 5.41) is 14.9. The van der Waals surface area contributed by atoms with Crippen LogP contribution in [-0.2, 0) is 0 Å². The number of aliphatic imine (C=N–C) groups is 1. The molecular weight excluding hydrogens is 400 g/mol. The average Bonchev–Trinajstić information content (AvgIpc) is 3.27. The Labute approximate surface area is 188 Å². The number of hydrazine groups is 1. The second kappa shape index (κ2) is 9.35. The van der Waals surface area contributed by atoms with Crippen molar-refractivity contribution in [1.29, 1.82) is 5.26 Å². The van der Waals surface area contributed by atoms with Crippen LogP contribution >= 0.6 is 0 Å². The molecule has 0 unspecified atom stereocenters. The molecule has 0 amide bonds. The fraction of sp³-hybridized carbons (Fsp3) is 0.250. The van der Waals surface area contributed by atoms with Crippen LogP contribution in [0.4, 0.5) is 23.0 Å². The topological polar surface area (TPSA) is 92.5 Å². The van der Waals surface area contributed by atoms with Crippen LogP contribution in [0, 0.1) is 11.3 Å². The zero-order valence-electron chi connectivity index (χ0n) is 18.5. The fourth-order valence-electron chi connectivity index (χ4n) is 3.65. The molecule has 0 saturated heterocycles. The lowest BCUT2D eigenvalue weighted by atomic mass is 10.1. The number of amidine groups is 1. The lowest BCUT2D eigenvalue weighted by molar-refractivity contribution is 0.840. The highest BCUT2D eigenvalue weighted by Gasteiger charge is 2.13. The molecule has 0 spiro atoms. The lowest BCUT2D eigenvalue weighted by Gasteiger charge is -2.22. The molecule has 1 aliphatic heterocycles. The van der Waals surface area contributed by atoms with Gasteiger partial charge < -0.3 is 10.2 Å². The Balaban J connectivity index is 1.52. The van der Waals surface area contributed by atoms with E-state index in [-0.39, 0.29) is 0 Å². The maximum Gasteiger partial charge on any atom is 0.227 e. The van der Waals surface area contributed by atoms with Crippen LogP contribution in [0.5, 0.6) is 0 Å². The van der Waals surface area contributed by atoms with Gasteiger partial charge in [0.15, 0.2) is 0 Å². The Morgan fingerprint density at radius 1 is 1.12 bits per heavy atom. The van der Waals surface area contributed by atoms with Crippen molar-refractivity contribution in [3.63, 3.8) is 0 Å². The Bertz CT molecular complexity index is 1160. The molecule has 32 heavy (non-hydrogen) atoms. The number of aromatic nitrogens is 2. The fourth-order valence-corrected chi connectivity index (χ4v) is 3.65. The summed E-state index contributed by atoms with van der Waals surface area (Å²) in [7, 11) is 0. The zero-order valence-corrected chi connectivity index (χ0v) is 18.5. The molecule has 0 aliphatic carbocycles. The predicted octanol–water partition coefficient (Wildman–Crippen LogP) is 4.31. The maximum atomic E-state index is 9.66. The molecule has 162 valence electrons. The Morgan fingerprint density at radius 2 is 1.91 bits per heavy atom. The van der Waals surface area contributed by atoms with Gasteiger partial charge in [-0.05, 0) is 63.2 Å². The highest BCUT2D eigenvalue weighted by molar-refractivity contribution is 5.83. The third-order valence-corrected chi connectivity index (χ3v) is 5.35. The first kappa shape index (κ1) is 21.1. The number of anilines is 4. The molecular formula is C24H26N8. The van der Waals surface area contributed by atoms with Gasteiger partial charge in [0.1, 0.15) is 18.6 Å². The average molecular weight is 427 g/mol. The van der Waals surface area contributed by atoms with E-state index < -0.39 is 0 Å². The molecule has 1 aliphatic rings. The minimum absolute atomic E-state index is 0.500. The first-order valence-corrected chi connectivity index (χ1v) is 10.7. The summed E-state index contributed by atoms with van der Waals surface area (Å²) < 4.78 is 0. The predicted molar refractivity (Wildman–Crippen MR) is 129 cm³/mol. The van der Waals surface area contributed by atoms with Gasteiger partial charge in [0, 0.05) is 30.5 Å². The van der Waals surface area contributed by atoms with Crippen molar-refractivity contribution in [3.8, 4) is 17.3 Å². The van der Waals surface area contributed by atoms with Crippen molar-refractivity contribution in [1.82, 2.24) is 15.4 Å². The number of nitrogens with zero attached hydrogens (tertiary/aromatic N) is 6. The van der Waals surface area contributed by atoms with Crippen molar-refractivity contribution in [2.45, 2.75) is 20.8 Å². The van der Waals surface area contributed by atoms with E-state index in [1.807, 2.05) is 60.5 Å². The van der Waals surface area contributed by atoms with Crippen LogP contribution in [0.15, 0.2) is 59.7 Å². The molecule has 0 saturated carbocycles. The van der Waals surface area contributed by atoms with Gasteiger partial charge in [0.2, 0.25) is 5.95 Å². The highest BCUT2D eigenvalue weighted by atomic mass is 15.6. The van der Waals surface area contributed by atoms with Gasteiger partial charge in [-0.1, -0.05) is 6.07 Å². The summed E-state index contributed by atoms with van der Waals surface area (Å²) in [5.74, 6) is 1.40. The van der Waals surface area contributed by atoms with E-state index in [1.165, 1.54) is 0 Å². The normalized spacial score (nSPS) is 12.7. The minimum atomic E-state index is 0.500. The third kappa shape index (κ3) is 4.47. The smallest absolute Gasteiger partial charge is 0.227 e. The Morgan fingerprint density at radius 3 is 2.56 bits per heavy atom. The largest absolute Gasteiger partial charge is 0.371 e. The van der Waals surface area contributed by atoms with Crippen molar-refractivity contribution < 1.29 is 0 Å². The first-order chi connectivity index (χ1) is 15.6. The molecule has 0 bridgehead atoms. The molecule has 0 atom stereocenters. The summed E-state index contributed by atoms with van der Waals surface area (Å²) in [6.07, 6.45) is 1.72. The monoisotopic (exact) mass is 426 g/mol. The van der Waals surface area contributed by atoms with Gasteiger partial charge >= 0.3 is 0 Å². The van der Waals surface area contributed by atoms with Gasteiger partial charge in [-0.3, -0.25) is 10.4 Å². The summed E-state index contributed by atoms with van der Waals surface area (Å²) in [6, 6.07) is 18.0. The van der Waals surface area contributed by atoms with Crippen LogP contribution in [0.25, 0.3) is 11.3 Å². The molecule has 2 aromatic carbocycles. The van der Waals surface area contributed by atoms with E-state index in [9.17, 15) is 5.26 Å². The van der Waals surface area contributed by atoms with Gasteiger partial charge in [-0.2, -0.15) is 5.26 Å². The molecule has 1 aromatic heterocycles. The van der Waals surface area contributed by atoms with Gasteiger partial charge in [0.05, 0.1) is 22.6 Å². The lowest BCUT2D eigenvalue weighted by Crippen LogP contribution is -2.34. The number of nitriles is 1. The summed E-state index contributed by atoms with van der Waals surface area (Å²) >= 11 is 0. The van der Waals surface area contributed by atoms with Crippen LogP contribution in [0.2, 0.25) is 0 Å². The zero-order chi connectivity index (χ0) is 22.5. The van der Waals surface area contributed by atoms with Crippen LogP contribution in [0.3, 0.4) is 0 Å². The SMILES string of the molecule is CCN(CC)c1ccc(-c2ccnc(Nc3ccc(N4CN=C(C)N4)cc3)n2)cc1C#N. The van der Waals surface area contributed by atoms with Crippen molar-refractivity contribution in [2.75, 3.05) is 35.0 Å². The van der Waals surface area contributed by atoms with E-state index in [1.54, 1.807) is 6.20 Å². The summed E-state index contributed by atoms with van der Waals surface area (Å²) in [6.45, 7) is 8.42. The van der Waals surface area contributed by atoms with Crippen molar-refractivity contribution in [3.05, 3.63) is 60.3 Å². The Kier molecular flexibility index (Phi) is 6.17. The second-order valence-corrected chi connectivity index (χ2v) is 7.38. The van der Waals surface area contributed by atoms with Crippen LogP contribution < -0.4 is 20.7 Å². The van der Waals surface area contributed by atoms with Crippen LogP contribution in [0.1, 0.15) is 26.3 Å². The second-order valence-electron chi connectivity index (χ2n) is 7.38. The molecule has 0 radical (unpaired) electrons. The van der Waals surface area contributed by atoms with E-state index >= 15 is 0 Å². The molecule has 8 heteroatoms. The standard InChI is InChI=1S/C24H26N8/c1-4-31(5-2)23-11-6-18(14-19(23)15-25)22-12-13-26-24(29-22)28-20-7-9-21(10-8-20)32-16-27-17(3)30-32/h6-14H,4-5,16H2,1-3H3,(H,27,30)(H,26,28,29). The maximum absolute atomic E-state index is 9.66. The molecule has 8 nitrogen and oxygen atoms in total. The quantitative estimate of drug-likeness (QED) is 0.582. The molecule has 4 rings (SSSR count). The van der Waals surface area contributed by atoms with Crippen molar-refractivity contribution in [2.24, 2.45) is 4.99 Å². The van der Waals surface area contributed by atoms with E-state index in [0.29, 0.717) is 18.2 Å². The van der Waals surface area contributed by atoms with Crippen LogP contribution in [-0.4, -0.2) is 35.6 Å². The number of hydrogen-bond acceptors (Lipinski definition) is 8. The molecule has 3 aromatic rings. The van der Waals surface area contributed by atoms with E-state index in [4.69, 9.17) is 0 Å². The number of nitrogens with one attached hydrogen (secondary N) is 2. The number of benzene rings is 2. The first-order valence-electron chi connectivity index (χ1n) is 10.7. The Hall–Kier alpha value is -4.12. The molecule has 0 fully saturated rings. The van der Waals surface area contributed by atoms with E-state index in [2.05, 4.69) is 50.5 Å². The summed E-state index contributed by atoms with van der Waals surface area (Å²) in [5.41, 5.74) is 8.35. The van der Waals surface area contributed by atoms with E-state index in [0.717, 1.165) is 47.2 Å². The number of rotatable bonds is 7.